The van der Waals surface area contributed by atoms with Crippen LogP contribution < -0.4 is 5.32 Å². The summed E-state index contributed by atoms with van der Waals surface area (Å²) in [6.45, 7) is 3.98. The standard InChI is InChI=1S/C16H17F2NOS2/c1-3-12(11-6-4-10(2)5-7-11)19-15(20)14-13(8-9-21-14)22-16(17)18/h4-9,12,16H,3H2,1-2H3,(H,19,20). The van der Waals surface area contributed by atoms with E-state index in [9.17, 15) is 13.6 Å². The summed E-state index contributed by atoms with van der Waals surface area (Å²) in [5.74, 6) is -2.83. The van der Waals surface area contributed by atoms with Crippen LogP contribution in [0.25, 0.3) is 0 Å². The lowest BCUT2D eigenvalue weighted by molar-refractivity contribution is 0.0937. The monoisotopic (exact) mass is 341 g/mol. The lowest BCUT2D eigenvalue weighted by Crippen LogP contribution is -2.27. The molecule has 0 saturated carbocycles. The van der Waals surface area contributed by atoms with Crippen LogP contribution in [0.2, 0.25) is 0 Å². The normalized spacial score (nSPS) is 12.4. The minimum absolute atomic E-state index is 0.125. The summed E-state index contributed by atoms with van der Waals surface area (Å²) in [4.78, 5) is 13.0. The Morgan fingerprint density at radius 1 is 1.27 bits per heavy atom. The Kier molecular flexibility index (Phi) is 5.97. The summed E-state index contributed by atoms with van der Waals surface area (Å²) in [5, 5.41) is 4.59. The molecular formula is C16H17F2NOS2. The number of amides is 1. The molecule has 2 nitrogen and oxygen atoms in total. The van der Waals surface area contributed by atoms with E-state index < -0.39 is 5.76 Å². The molecule has 1 heterocycles. The number of rotatable bonds is 6. The van der Waals surface area contributed by atoms with Crippen molar-refractivity contribution in [3.63, 3.8) is 0 Å². The number of halogens is 2. The zero-order valence-electron chi connectivity index (χ0n) is 12.3. The number of thiophene rings is 1. The Hall–Kier alpha value is -1.40. The summed E-state index contributed by atoms with van der Waals surface area (Å²) in [5.41, 5.74) is 2.17. The minimum atomic E-state index is -2.53. The van der Waals surface area contributed by atoms with Gasteiger partial charge in [-0.15, -0.1) is 11.3 Å². The summed E-state index contributed by atoms with van der Waals surface area (Å²) in [7, 11) is 0. The van der Waals surface area contributed by atoms with Gasteiger partial charge in [-0.3, -0.25) is 4.79 Å². The molecule has 1 unspecified atom stereocenters. The van der Waals surface area contributed by atoms with Gasteiger partial charge in [0, 0.05) is 4.90 Å². The number of nitrogens with one attached hydrogen (secondary N) is 1. The van der Waals surface area contributed by atoms with E-state index in [0.717, 1.165) is 17.5 Å². The van der Waals surface area contributed by atoms with Gasteiger partial charge in [0.05, 0.1) is 6.04 Å². The largest absolute Gasteiger partial charge is 0.345 e. The molecule has 0 radical (unpaired) electrons. The quantitative estimate of drug-likeness (QED) is 0.727. The third-order valence-electron chi connectivity index (χ3n) is 3.24. The van der Waals surface area contributed by atoms with E-state index >= 15 is 0 Å². The van der Waals surface area contributed by atoms with E-state index in [1.165, 1.54) is 11.3 Å². The van der Waals surface area contributed by atoms with Crippen LogP contribution in [-0.2, 0) is 0 Å². The average Bonchev–Trinajstić information content (AvgIpc) is 2.93. The molecular weight excluding hydrogens is 324 g/mol. The van der Waals surface area contributed by atoms with Crippen molar-refractivity contribution in [1.82, 2.24) is 5.32 Å². The zero-order chi connectivity index (χ0) is 16.1. The molecule has 1 aromatic carbocycles. The fourth-order valence-corrected chi connectivity index (χ4v) is 3.70. The highest BCUT2D eigenvalue weighted by molar-refractivity contribution is 7.99. The topological polar surface area (TPSA) is 29.1 Å². The number of carbonyl (C=O) groups is 1. The van der Waals surface area contributed by atoms with Crippen molar-refractivity contribution in [3.05, 3.63) is 51.7 Å². The van der Waals surface area contributed by atoms with E-state index in [4.69, 9.17) is 0 Å². The third-order valence-corrected chi connectivity index (χ3v) is 5.06. The number of carbonyl (C=O) groups excluding carboxylic acids is 1. The Bertz CT molecular complexity index is 625. The van der Waals surface area contributed by atoms with Gasteiger partial charge < -0.3 is 5.32 Å². The summed E-state index contributed by atoms with van der Waals surface area (Å²) >= 11 is 1.59. The molecule has 22 heavy (non-hydrogen) atoms. The molecule has 1 aromatic heterocycles. The lowest BCUT2D eigenvalue weighted by Gasteiger charge is -2.17. The van der Waals surface area contributed by atoms with Gasteiger partial charge in [-0.2, -0.15) is 8.78 Å². The fourth-order valence-electron chi connectivity index (χ4n) is 2.10. The SMILES string of the molecule is CCC(NC(=O)c1sccc1SC(F)F)c1ccc(C)cc1. The van der Waals surface area contributed by atoms with Gasteiger partial charge in [0.1, 0.15) is 4.88 Å². The van der Waals surface area contributed by atoms with Crippen LogP contribution in [0.5, 0.6) is 0 Å². The Labute approximate surface area is 136 Å². The molecule has 0 aliphatic rings. The second-order valence-electron chi connectivity index (χ2n) is 4.84. The second kappa shape index (κ2) is 7.74. The van der Waals surface area contributed by atoms with Crippen LogP contribution in [-0.4, -0.2) is 11.7 Å². The molecule has 0 aliphatic carbocycles. The van der Waals surface area contributed by atoms with Crippen molar-refractivity contribution in [1.29, 1.82) is 0 Å². The van der Waals surface area contributed by atoms with E-state index in [1.54, 1.807) is 11.4 Å². The molecule has 118 valence electrons. The summed E-state index contributed by atoms with van der Waals surface area (Å²) in [6, 6.07) is 9.38. The van der Waals surface area contributed by atoms with Crippen molar-refractivity contribution in [2.45, 2.75) is 37.0 Å². The summed E-state index contributed by atoms with van der Waals surface area (Å²) < 4.78 is 25.0. The Morgan fingerprint density at radius 3 is 2.55 bits per heavy atom. The molecule has 0 aliphatic heterocycles. The maximum atomic E-state index is 12.5. The molecule has 2 aromatic rings. The van der Waals surface area contributed by atoms with Gasteiger partial charge in [0.15, 0.2) is 0 Å². The molecule has 0 bridgehead atoms. The van der Waals surface area contributed by atoms with Crippen LogP contribution in [0.1, 0.15) is 40.2 Å². The number of benzene rings is 1. The van der Waals surface area contributed by atoms with E-state index in [1.807, 2.05) is 38.1 Å². The van der Waals surface area contributed by atoms with Gasteiger partial charge in [-0.1, -0.05) is 48.5 Å². The Morgan fingerprint density at radius 2 is 1.95 bits per heavy atom. The van der Waals surface area contributed by atoms with Gasteiger partial charge in [-0.25, -0.2) is 0 Å². The molecule has 1 amide bonds. The van der Waals surface area contributed by atoms with Gasteiger partial charge in [-0.05, 0) is 30.4 Å². The first-order chi connectivity index (χ1) is 10.5. The molecule has 2 rings (SSSR count). The smallest absolute Gasteiger partial charge is 0.288 e. The van der Waals surface area contributed by atoms with E-state index in [-0.39, 0.29) is 11.9 Å². The van der Waals surface area contributed by atoms with Crippen LogP contribution >= 0.6 is 23.1 Å². The van der Waals surface area contributed by atoms with Gasteiger partial charge in [0.25, 0.3) is 11.7 Å². The van der Waals surface area contributed by atoms with Crippen molar-refractivity contribution in [2.75, 3.05) is 0 Å². The molecule has 1 atom stereocenters. The van der Waals surface area contributed by atoms with Crippen molar-refractivity contribution < 1.29 is 13.6 Å². The van der Waals surface area contributed by atoms with E-state index in [2.05, 4.69) is 5.32 Å². The average molecular weight is 341 g/mol. The van der Waals surface area contributed by atoms with Gasteiger partial charge in [0.2, 0.25) is 0 Å². The molecule has 0 fully saturated rings. The number of aryl methyl sites for hydroxylation is 1. The second-order valence-corrected chi connectivity index (χ2v) is 6.79. The van der Waals surface area contributed by atoms with Crippen molar-refractivity contribution >= 4 is 29.0 Å². The first-order valence-corrected chi connectivity index (χ1v) is 8.67. The van der Waals surface area contributed by atoms with Gasteiger partial charge >= 0.3 is 0 Å². The third kappa shape index (κ3) is 4.30. The fraction of sp³-hybridized carbons (Fsp3) is 0.312. The molecule has 1 N–H and O–H groups in total. The maximum absolute atomic E-state index is 12.5. The zero-order valence-corrected chi connectivity index (χ0v) is 13.9. The predicted octanol–water partition coefficient (Wildman–Crippen LogP) is 5.25. The minimum Gasteiger partial charge on any atom is -0.345 e. The highest BCUT2D eigenvalue weighted by Crippen LogP contribution is 2.32. The molecule has 0 spiro atoms. The van der Waals surface area contributed by atoms with Crippen molar-refractivity contribution in [2.24, 2.45) is 0 Å². The first-order valence-electron chi connectivity index (χ1n) is 6.91. The lowest BCUT2D eigenvalue weighted by atomic mass is 10.0. The number of hydrogen-bond acceptors (Lipinski definition) is 3. The Balaban J connectivity index is 2.12. The van der Waals surface area contributed by atoms with Crippen LogP contribution in [0, 0.1) is 6.92 Å². The summed E-state index contributed by atoms with van der Waals surface area (Å²) in [6.07, 6.45) is 0.734. The van der Waals surface area contributed by atoms with Crippen LogP contribution in [0.3, 0.4) is 0 Å². The highest BCUT2D eigenvalue weighted by atomic mass is 32.2. The molecule has 0 saturated heterocycles. The van der Waals surface area contributed by atoms with Crippen LogP contribution in [0.4, 0.5) is 8.78 Å². The van der Waals surface area contributed by atoms with Crippen molar-refractivity contribution in [3.8, 4) is 0 Å². The van der Waals surface area contributed by atoms with Crippen LogP contribution in [0.15, 0.2) is 40.6 Å². The maximum Gasteiger partial charge on any atom is 0.288 e. The number of thioether (sulfide) groups is 1. The molecule has 6 heteroatoms. The first kappa shape index (κ1) is 17.0. The predicted molar refractivity (Wildman–Crippen MR) is 87.9 cm³/mol. The number of alkyl halides is 2. The van der Waals surface area contributed by atoms with E-state index in [0.29, 0.717) is 21.5 Å². The number of hydrogen-bond donors (Lipinski definition) is 1. The highest BCUT2D eigenvalue weighted by Gasteiger charge is 2.20.